The fourth-order valence-electron chi connectivity index (χ4n) is 5.36. The van der Waals surface area contributed by atoms with E-state index in [1.165, 1.54) is 15.7 Å². The van der Waals surface area contributed by atoms with E-state index in [4.69, 9.17) is 9.72 Å². The zero-order valence-corrected chi connectivity index (χ0v) is 27.6. The molecule has 1 aliphatic heterocycles. The van der Waals surface area contributed by atoms with E-state index in [2.05, 4.69) is 46.6 Å². The summed E-state index contributed by atoms with van der Waals surface area (Å²) in [5, 5.41) is 28.0. The van der Waals surface area contributed by atoms with Crippen LogP contribution in [0.5, 0.6) is 5.75 Å². The Hall–Kier alpha value is -4.95. The first kappa shape index (κ1) is 32.0. The van der Waals surface area contributed by atoms with Crippen molar-refractivity contribution in [2.24, 2.45) is 0 Å². The van der Waals surface area contributed by atoms with Crippen molar-refractivity contribution in [3.63, 3.8) is 0 Å². The Balaban J connectivity index is 1.29. The number of tetrazole rings is 1. The minimum atomic E-state index is -0.530. The fourth-order valence-corrected chi connectivity index (χ4v) is 6.31. The van der Waals surface area contributed by atoms with Gasteiger partial charge in [0.2, 0.25) is 5.91 Å². The Morgan fingerprint density at radius 3 is 2.68 bits per heavy atom. The molecule has 1 aromatic carbocycles. The molecule has 5 heterocycles. The van der Waals surface area contributed by atoms with Crippen LogP contribution < -0.4 is 20.5 Å². The van der Waals surface area contributed by atoms with E-state index in [9.17, 15) is 14.7 Å². The van der Waals surface area contributed by atoms with Gasteiger partial charge < -0.3 is 20.1 Å². The number of ether oxygens (including phenoxy) is 1. The van der Waals surface area contributed by atoms with E-state index < -0.39 is 6.10 Å². The third-order valence-electron chi connectivity index (χ3n) is 7.94. The zero-order valence-electron chi connectivity index (χ0n) is 26.8. The molecule has 2 N–H and O–H groups in total. The number of nitrogens with one attached hydrogen (secondary N) is 1. The molecule has 244 valence electrons. The monoisotopic (exact) mass is 655 g/mol. The summed E-state index contributed by atoms with van der Waals surface area (Å²) in [7, 11) is 1.62. The molecular weight excluding hydrogens is 618 g/mol. The Morgan fingerprint density at radius 2 is 1.96 bits per heavy atom. The molecule has 4 aromatic heterocycles. The molecule has 47 heavy (non-hydrogen) atoms. The number of hydrogen-bond acceptors (Lipinski definition) is 11. The number of carbonyl (C=O) groups excluding carboxylic acids is 1. The normalized spacial score (nSPS) is 15.4. The molecule has 0 aliphatic carbocycles. The van der Waals surface area contributed by atoms with Crippen molar-refractivity contribution in [1.29, 1.82) is 0 Å². The summed E-state index contributed by atoms with van der Waals surface area (Å²) < 4.78 is 8.35. The van der Waals surface area contributed by atoms with Gasteiger partial charge in [0, 0.05) is 30.1 Å². The second-order valence-electron chi connectivity index (χ2n) is 12.5. The second-order valence-corrected chi connectivity index (χ2v) is 13.4. The molecule has 5 aromatic rings. The number of thiazole rings is 1. The van der Waals surface area contributed by atoms with Crippen molar-refractivity contribution in [2.75, 3.05) is 30.4 Å². The lowest BCUT2D eigenvalue weighted by atomic mass is 9.93. The van der Waals surface area contributed by atoms with Crippen molar-refractivity contribution in [2.45, 2.75) is 58.1 Å². The highest BCUT2D eigenvalue weighted by Crippen LogP contribution is 2.27. The van der Waals surface area contributed by atoms with Gasteiger partial charge in [0.05, 0.1) is 37.4 Å². The van der Waals surface area contributed by atoms with Crippen LogP contribution in [-0.2, 0) is 23.2 Å². The minimum Gasteiger partial charge on any atom is -0.497 e. The van der Waals surface area contributed by atoms with Crippen LogP contribution in [0.3, 0.4) is 0 Å². The van der Waals surface area contributed by atoms with E-state index in [0.717, 1.165) is 23.4 Å². The Labute approximate surface area is 275 Å². The van der Waals surface area contributed by atoms with Gasteiger partial charge >= 0.3 is 0 Å². The lowest BCUT2D eigenvalue weighted by Crippen LogP contribution is -2.40. The van der Waals surface area contributed by atoms with E-state index in [-0.39, 0.29) is 23.3 Å². The van der Waals surface area contributed by atoms with Gasteiger partial charge in [-0.25, -0.2) is 14.6 Å². The van der Waals surface area contributed by atoms with Gasteiger partial charge in [-0.1, -0.05) is 32.9 Å². The molecule has 0 unspecified atom stereocenters. The molecule has 1 fully saturated rings. The third kappa shape index (κ3) is 7.39. The number of pyridine rings is 1. The van der Waals surface area contributed by atoms with Gasteiger partial charge in [-0.2, -0.15) is 0 Å². The topological polar surface area (TPSA) is 153 Å². The first-order valence-electron chi connectivity index (χ1n) is 15.4. The number of rotatable bonds is 9. The van der Waals surface area contributed by atoms with Crippen LogP contribution in [0.25, 0.3) is 17.8 Å². The number of β-amino-alcohol motifs (C(OH)–C–C–N with tert-alkyl or cyclic N) is 1. The minimum absolute atomic E-state index is 0.0903. The molecule has 0 bridgehead atoms. The van der Waals surface area contributed by atoms with E-state index >= 15 is 0 Å². The summed E-state index contributed by atoms with van der Waals surface area (Å²) in [5.41, 5.74) is 2.95. The number of aliphatic hydroxyl groups is 1. The van der Waals surface area contributed by atoms with Crippen molar-refractivity contribution < 1.29 is 14.6 Å². The van der Waals surface area contributed by atoms with Crippen LogP contribution in [-0.4, -0.2) is 71.9 Å². The predicted octanol–water partition coefficient (Wildman–Crippen LogP) is 3.80. The smallest absolute Gasteiger partial charge is 0.267 e. The maximum absolute atomic E-state index is 14.0. The van der Waals surface area contributed by atoms with Gasteiger partial charge in [0.15, 0.2) is 11.0 Å². The Bertz CT molecular complexity index is 1970. The highest BCUT2D eigenvalue weighted by Gasteiger charge is 2.24. The van der Waals surface area contributed by atoms with Crippen molar-refractivity contribution in [1.82, 2.24) is 34.6 Å². The summed E-state index contributed by atoms with van der Waals surface area (Å²) in [5.74, 6) is 1.47. The molecule has 1 atom stereocenters. The fraction of sp³-hybridized carbons (Fsp3) is 0.364. The number of aliphatic hydroxyl groups excluding tert-OH is 1. The number of carbonyl (C=O) groups is 1. The first-order valence-corrected chi connectivity index (χ1v) is 16.3. The highest BCUT2D eigenvalue weighted by atomic mass is 32.1. The van der Waals surface area contributed by atoms with E-state index in [1.807, 2.05) is 34.5 Å². The molecule has 14 heteroatoms. The number of anilines is 2. The largest absolute Gasteiger partial charge is 0.497 e. The molecule has 1 saturated heterocycles. The van der Waals surface area contributed by atoms with Crippen LogP contribution in [0, 0.1) is 0 Å². The average molecular weight is 656 g/mol. The number of benzene rings is 1. The van der Waals surface area contributed by atoms with Crippen LogP contribution in [0.4, 0.5) is 10.9 Å². The Kier molecular flexibility index (Phi) is 9.14. The van der Waals surface area contributed by atoms with Crippen LogP contribution in [0.15, 0.2) is 52.8 Å². The number of nitrogens with zero attached hydrogens (tertiary/aromatic N) is 8. The number of fused-ring (bicyclic) bond motifs is 1. The quantitative estimate of drug-likeness (QED) is 0.240. The molecule has 1 aliphatic rings. The molecule has 0 saturated carbocycles. The lowest BCUT2D eigenvalue weighted by Gasteiger charge is -2.32. The molecular formula is C33H37N9O4S. The number of piperidine rings is 1. The van der Waals surface area contributed by atoms with E-state index in [0.29, 0.717) is 59.6 Å². The molecule has 13 nitrogen and oxygen atoms in total. The first-order chi connectivity index (χ1) is 22.6. The number of amides is 1. The van der Waals surface area contributed by atoms with Gasteiger partial charge in [-0.15, -0.1) is 16.4 Å². The van der Waals surface area contributed by atoms with Gasteiger partial charge in [-0.05, 0) is 70.8 Å². The molecule has 1 amide bonds. The standard InChI is InChI=1S/C33H37N9O4S/c1-33(2,3)26-20-47-32(34-26)36-29(44)17-22-13-15-41-28(16-22)35-30(40-14-5-6-23(43)19-40)25(31(41)45)11-12-27-37-38-39-42(27)18-21-7-9-24(46-4)10-8-21/h7-13,15-16,20,23,43H,5-6,14,17-19H2,1-4H3,(H,34,36,44)/b12-11+/t23-/m1/s1. The van der Waals surface area contributed by atoms with Gasteiger partial charge in [-0.3, -0.25) is 14.0 Å². The SMILES string of the molecule is COc1ccc(Cn2nnnc2/C=C/c2c(N3CCC[C@@H](O)C3)nc3cc(CC(=O)Nc4nc(C(C)(C)C)cs4)ccn3c2=O)cc1. The summed E-state index contributed by atoms with van der Waals surface area (Å²) in [6.07, 6.45) is 6.01. The number of hydrogen-bond donors (Lipinski definition) is 2. The van der Waals surface area contributed by atoms with Crippen molar-refractivity contribution >= 4 is 46.0 Å². The maximum atomic E-state index is 14.0. The third-order valence-corrected chi connectivity index (χ3v) is 8.70. The molecule has 0 spiro atoms. The van der Waals surface area contributed by atoms with Gasteiger partial charge in [0.1, 0.15) is 17.2 Å². The highest BCUT2D eigenvalue weighted by molar-refractivity contribution is 7.13. The molecule has 6 rings (SSSR count). The Morgan fingerprint density at radius 1 is 1.15 bits per heavy atom. The average Bonchev–Trinajstić information content (AvgIpc) is 3.70. The van der Waals surface area contributed by atoms with Crippen molar-refractivity contribution in [3.05, 3.63) is 86.5 Å². The van der Waals surface area contributed by atoms with Crippen LogP contribution >= 0.6 is 11.3 Å². The second kappa shape index (κ2) is 13.4. The van der Waals surface area contributed by atoms with Crippen molar-refractivity contribution in [3.8, 4) is 5.75 Å². The maximum Gasteiger partial charge on any atom is 0.267 e. The van der Waals surface area contributed by atoms with E-state index in [1.54, 1.807) is 42.3 Å². The zero-order chi connectivity index (χ0) is 33.1. The summed E-state index contributed by atoms with van der Waals surface area (Å²) in [6.45, 7) is 7.64. The summed E-state index contributed by atoms with van der Waals surface area (Å²) in [6, 6.07) is 11.1. The summed E-state index contributed by atoms with van der Waals surface area (Å²) in [4.78, 5) is 38.3. The van der Waals surface area contributed by atoms with Gasteiger partial charge in [0.25, 0.3) is 5.56 Å². The number of aromatic nitrogens is 7. The predicted molar refractivity (Wildman–Crippen MR) is 181 cm³/mol. The summed E-state index contributed by atoms with van der Waals surface area (Å²) >= 11 is 1.39. The van der Waals surface area contributed by atoms with Crippen LogP contribution in [0.2, 0.25) is 0 Å². The molecule has 0 radical (unpaired) electrons. The number of methoxy groups -OCH3 is 1. The van der Waals surface area contributed by atoms with Crippen LogP contribution in [0.1, 0.15) is 61.8 Å². The lowest BCUT2D eigenvalue weighted by molar-refractivity contribution is -0.115.